The van der Waals surface area contributed by atoms with E-state index in [0.717, 1.165) is 11.1 Å². The molecule has 1 aromatic rings. The van der Waals surface area contributed by atoms with Gasteiger partial charge in [-0.3, -0.25) is 10.1 Å². The van der Waals surface area contributed by atoms with Gasteiger partial charge in [-0.2, -0.15) is 0 Å². The van der Waals surface area contributed by atoms with E-state index in [1.54, 1.807) is 0 Å². The number of urea groups is 1. The number of hydrogen-bond donors (Lipinski definition) is 2. The molecule has 1 spiro atoms. The lowest BCUT2D eigenvalue weighted by molar-refractivity contribution is -0.125. The average molecular weight is 311 g/mol. The monoisotopic (exact) mass is 310 g/mol. The first kappa shape index (κ1) is 11.5. The number of carbonyl (C=O) groups is 2. The van der Waals surface area contributed by atoms with Crippen molar-refractivity contribution in [3.05, 3.63) is 29.3 Å². The number of amides is 3. The first-order valence-electron chi connectivity index (χ1n) is 5.61. The van der Waals surface area contributed by atoms with E-state index in [0.29, 0.717) is 24.1 Å². The molecular weight excluding hydrogens is 300 g/mol. The van der Waals surface area contributed by atoms with Gasteiger partial charge in [-0.15, -0.1) is 0 Å². The molecule has 94 valence electrons. The molecule has 1 fully saturated rings. The van der Waals surface area contributed by atoms with Gasteiger partial charge in [0.25, 0.3) is 5.91 Å². The molecule has 1 atom stereocenters. The molecule has 1 unspecified atom stereocenters. The van der Waals surface area contributed by atoms with Crippen molar-refractivity contribution in [1.82, 2.24) is 10.6 Å². The zero-order chi connectivity index (χ0) is 12.8. The van der Waals surface area contributed by atoms with Gasteiger partial charge in [0.2, 0.25) is 0 Å². The van der Waals surface area contributed by atoms with Crippen LogP contribution in [0.3, 0.4) is 0 Å². The fourth-order valence-corrected chi connectivity index (χ4v) is 2.77. The van der Waals surface area contributed by atoms with Gasteiger partial charge in [-0.1, -0.05) is 22.0 Å². The summed E-state index contributed by atoms with van der Waals surface area (Å²) in [4.78, 5) is 23.5. The molecule has 2 heterocycles. The van der Waals surface area contributed by atoms with Gasteiger partial charge < -0.3 is 10.1 Å². The molecular formula is C12H11BrN2O3. The Balaban J connectivity index is 2.16. The maximum Gasteiger partial charge on any atom is 0.322 e. The van der Waals surface area contributed by atoms with E-state index in [1.807, 2.05) is 18.2 Å². The number of imide groups is 1. The molecule has 5 nitrogen and oxygen atoms in total. The molecule has 0 aromatic heterocycles. The number of ether oxygens (including phenoxy) is 1. The molecule has 0 bridgehead atoms. The van der Waals surface area contributed by atoms with Crippen LogP contribution in [0, 0.1) is 0 Å². The first-order valence-corrected chi connectivity index (χ1v) is 6.73. The molecule has 0 saturated carbocycles. The second-order valence-corrected chi connectivity index (χ2v) is 4.94. The maximum absolute atomic E-state index is 12.1. The summed E-state index contributed by atoms with van der Waals surface area (Å²) in [5, 5.41) is 5.72. The average Bonchev–Trinajstić information content (AvgIpc) is 2.65. The van der Waals surface area contributed by atoms with Gasteiger partial charge in [0.05, 0.1) is 6.61 Å². The van der Waals surface area contributed by atoms with Gasteiger partial charge in [-0.25, -0.2) is 4.79 Å². The van der Waals surface area contributed by atoms with Crippen molar-refractivity contribution >= 4 is 27.9 Å². The third-order valence-corrected chi connectivity index (χ3v) is 3.98. The minimum atomic E-state index is -0.969. The standard InChI is InChI=1S/C12H11BrN2O3/c13-6-7-1-2-9-8(5-7)12(3-4-18-9)10(16)14-11(17)15-12/h1-2,5H,3-4,6H2,(H2,14,15,16,17). The highest BCUT2D eigenvalue weighted by Crippen LogP contribution is 2.39. The number of nitrogens with one attached hydrogen (secondary N) is 2. The van der Waals surface area contributed by atoms with Crippen LogP contribution >= 0.6 is 15.9 Å². The highest BCUT2D eigenvalue weighted by Gasteiger charge is 2.50. The SMILES string of the molecule is O=C1NC(=O)C2(CCOc3ccc(CBr)cc32)N1. The maximum atomic E-state index is 12.1. The molecule has 1 aromatic carbocycles. The van der Waals surface area contributed by atoms with Crippen LogP contribution in [-0.2, 0) is 15.7 Å². The Kier molecular flexibility index (Phi) is 2.55. The van der Waals surface area contributed by atoms with E-state index in [9.17, 15) is 9.59 Å². The summed E-state index contributed by atoms with van der Waals surface area (Å²) < 4.78 is 5.55. The topological polar surface area (TPSA) is 67.4 Å². The minimum Gasteiger partial charge on any atom is -0.493 e. The normalized spacial score (nSPS) is 25.4. The lowest BCUT2D eigenvalue weighted by atomic mass is 9.84. The van der Waals surface area contributed by atoms with Gasteiger partial charge >= 0.3 is 6.03 Å². The summed E-state index contributed by atoms with van der Waals surface area (Å²) >= 11 is 3.38. The number of benzene rings is 1. The smallest absolute Gasteiger partial charge is 0.322 e. The molecule has 2 aliphatic rings. The van der Waals surface area contributed by atoms with Crippen LogP contribution in [0.4, 0.5) is 4.79 Å². The van der Waals surface area contributed by atoms with E-state index in [-0.39, 0.29) is 5.91 Å². The van der Waals surface area contributed by atoms with Gasteiger partial charge in [0.15, 0.2) is 5.54 Å². The summed E-state index contributed by atoms with van der Waals surface area (Å²) in [6.45, 7) is 0.411. The Bertz CT molecular complexity index is 546. The molecule has 3 rings (SSSR count). The van der Waals surface area contributed by atoms with Crippen molar-refractivity contribution in [2.24, 2.45) is 0 Å². The van der Waals surface area contributed by atoms with Crippen LogP contribution in [-0.4, -0.2) is 18.5 Å². The predicted molar refractivity (Wildman–Crippen MR) is 67.5 cm³/mol. The third kappa shape index (κ3) is 1.52. The van der Waals surface area contributed by atoms with Crippen molar-refractivity contribution in [2.45, 2.75) is 17.3 Å². The lowest BCUT2D eigenvalue weighted by Crippen LogP contribution is -2.47. The summed E-state index contributed by atoms with van der Waals surface area (Å²) in [6, 6.07) is 5.22. The third-order valence-electron chi connectivity index (χ3n) is 3.33. The second-order valence-electron chi connectivity index (χ2n) is 4.38. The Morgan fingerprint density at radius 1 is 1.39 bits per heavy atom. The zero-order valence-electron chi connectivity index (χ0n) is 9.46. The second kappa shape index (κ2) is 3.98. The number of carbonyl (C=O) groups excluding carboxylic acids is 2. The summed E-state index contributed by atoms with van der Waals surface area (Å²) in [5.41, 5.74) is 0.796. The van der Waals surface area contributed by atoms with Crippen LogP contribution in [0.15, 0.2) is 18.2 Å². The van der Waals surface area contributed by atoms with Crippen LogP contribution < -0.4 is 15.4 Å². The Labute approximate surface area is 112 Å². The minimum absolute atomic E-state index is 0.302. The zero-order valence-corrected chi connectivity index (χ0v) is 11.0. The van der Waals surface area contributed by atoms with E-state index in [2.05, 4.69) is 26.6 Å². The molecule has 1 saturated heterocycles. The summed E-state index contributed by atoms with van der Waals surface area (Å²) in [5.74, 6) is 0.354. The number of halogens is 1. The summed E-state index contributed by atoms with van der Waals surface area (Å²) in [7, 11) is 0. The molecule has 0 radical (unpaired) electrons. The van der Waals surface area contributed by atoms with Crippen LogP contribution in [0.2, 0.25) is 0 Å². The molecule has 3 amide bonds. The fraction of sp³-hybridized carbons (Fsp3) is 0.333. The molecule has 2 N–H and O–H groups in total. The van der Waals surface area contributed by atoms with Crippen molar-refractivity contribution in [3.8, 4) is 5.75 Å². The molecule has 0 aliphatic carbocycles. The van der Waals surface area contributed by atoms with Gasteiger partial charge in [-0.05, 0) is 17.7 Å². The number of rotatable bonds is 1. The highest BCUT2D eigenvalue weighted by atomic mass is 79.9. The Morgan fingerprint density at radius 2 is 2.22 bits per heavy atom. The Hall–Kier alpha value is -1.56. The van der Waals surface area contributed by atoms with Crippen LogP contribution in [0.5, 0.6) is 5.75 Å². The number of alkyl halides is 1. The van der Waals surface area contributed by atoms with Crippen LogP contribution in [0.25, 0.3) is 0 Å². The lowest BCUT2D eigenvalue weighted by Gasteiger charge is -2.33. The fourth-order valence-electron chi connectivity index (χ4n) is 2.43. The predicted octanol–water partition coefficient (Wildman–Crippen LogP) is 1.40. The van der Waals surface area contributed by atoms with E-state index < -0.39 is 11.6 Å². The van der Waals surface area contributed by atoms with E-state index in [4.69, 9.17) is 4.74 Å². The molecule has 6 heteroatoms. The van der Waals surface area contributed by atoms with E-state index in [1.165, 1.54) is 0 Å². The quantitative estimate of drug-likeness (QED) is 0.608. The van der Waals surface area contributed by atoms with Crippen molar-refractivity contribution in [2.75, 3.05) is 6.61 Å². The largest absolute Gasteiger partial charge is 0.493 e. The first-order chi connectivity index (χ1) is 8.65. The van der Waals surface area contributed by atoms with Crippen molar-refractivity contribution in [3.63, 3.8) is 0 Å². The van der Waals surface area contributed by atoms with Gasteiger partial charge in [0.1, 0.15) is 5.75 Å². The number of hydrogen-bond acceptors (Lipinski definition) is 3. The van der Waals surface area contributed by atoms with Gasteiger partial charge in [0, 0.05) is 17.3 Å². The number of fused-ring (bicyclic) bond motifs is 2. The van der Waals surface area contributed by atoms with E-state index >= 15 is 0 Å². The van der Waals surface area contributed by atoms with Crippen LogP contribution in [0.1, 0.15) is 17.5 Å². The molecule has 2 aliphatic heterocycles. The highest BCUT2D eigenvalue weighted by molar-refractivity contribution is 9.08. The van der Waals surface area contributed by atoms with Crippen molar-refractivity contribution < 1.29 is 14.3 Å². The summed E-state index contributed by atoms with van der Waals surface area (Å²) in [6.07, 6.45) is 0.448. The Morgan fingerprint density at radius 3 is 2.89 bits per heavy atom. The molecule has 18 heavy (non-hydrogen) atoms. The van der Waals surface area contributed by atoms with Crippen molar-refractivity contribution in [1.29, 1.82) is 0 Å².